The Balaban J connectivity index is 2.83. The summed E-state index contributed by atoms with van der Waals surface area (Å²) in [7, 11) is 0. The second kappa shape index (κ2) is 6.69. The molecule has 112 valence electrons. The van der Waals surface area contributed by atoms with Gasteiger partial charge >= 0.3 is 6.18 Å². The van der Waals surface area contributed by atoms with Gasteiger partial charge in [0.25, 0.3) is 5.91 Å². The van der Waals surface area contributed by atoms with Gasteiger partial charge in [-0.15, -0.1) is 0 Å². The van der Waals surface area contributed by atoms with Crippen molar-refractivity contribution in [3.05, 3.63) is 35.1 Å². The van der Waals surface area contributed by atoms with Crippen LogP contribution in [-0.4, -0.2) is 23.7 Å². The molecule has 0 bridgehead atoms. The number of hydrogen-bond acceptors (Lipinski definition) is 2. The highest BCUT2D eigenvalue weighted by molar-refractivity contribution is 5.95. The lowest BCUT2D eigenvalue weighted by atomic mass is 10.1. The van der Waals surface area contributed by atoms with Crippen LogP contribution in [0.1, 0.15) is 35.7 Å². The Morgan fingerprint density at radius 1 is 1.40 bits per heavy atom. The molecular weight excluding hydrogens is 278 g/mol. The van der Waals surface area contributed by atoms with Crippen LogP contribution in [0.2, 0.25) is 0 Å². The van der Waals surface area contributed by atoms with Crippen molar-refractivity contribution in [2.24, 2.45) is 0 Å². The van der Waals surface area contributed by atoms with Gasteiger partial charge in [-0.1, -0.05) is 6.92 Å². The van der Waals surface area contributed by atoms with Crippen molar-refractivity contribution < 1.29 is 27.5 Å². The van der Waals surface area contributed by atoms with Gasteiger partial charge in [0.05, 0.1) is 17.2 Å². The zero-order valence-electron chi connectivity index (χ0n) is 10.8. The van der Waals surface area contributed by atoms with Crippen LogP contribution in [0, 0.1) is 5.82 Å². The highest BCUT2D eigenvalue weighted by atomic mass is 19.4. The third kappa shape index (κ3) is 4.48. The van der Waals surface area contributed by atoms with Gasteiger partial charge in [-0.3, -0.25) is 4.79 Å². The van der Waals surface area contributed by atoms with Crippen LogP contribution in [0.3, 0.4) is 0 Å². The molecule has 0 aliphatic heterocycles. The summed E-state index contributed by atoms with van der Waals surface area (Å²) < 4.78 is 51.0. The molecule has 0 aliphatic rings. The van der Waals surface area contributed by atoms with Gasteiger partial charge in [0.15, 0.2) is 0 Å². The molecule has 0 saturated heterocycles. The highest BCUT2D eigenvalue weighted by Gasteiger charge is 2.35. The van der Waals surface area contributed by atoms with E-state index >= 15 is 0 Å². The van der Waals surface area contributed by atoms with Gasteiger partial charge in [-0.05, 0) is 31.0 Å². The number of hydrogen-bond donors (Lipinski definition) is 2. The average molecular weight is 293 g/mol. The lowest BCUT2D eigenvalue weighted by Crippen LogP contribution is -2.29. The number of alkyl halides is 3. The van der Waals surface area contributed by atoms with Crippen LogP contribution < -0.4 is 5.32 Å². The van der Waals surface area contributed by atoms with E-state index in [2.05, 4.69) is 5.32 Å². The van der Waals surface area contributed by atoms with Gasteiger partial charge in [0.2, 0.25) is 0 Å². The van der Waals surface area contributed by atoms with E-state index in [0.29, 0.717) is 6.42 Å². The second-order valence-corrected chi connectivity index (χ2v) is 4.29. The van der Waals surface area contributed by atoms with E-state index in [4.69, 9.17) is 0 Å². The zero-order chi connectivity index (χ0) is 15.3. The minimum atomic E-state index is -4.81. The van der Waals surface area contributed by atoms with E-state index in [1.807, 2.05) is 0 Å². The van der Waals surface area contributed by atoms with E-state index in [1.54, 1.807) is 6.92 Å². The van der Waals surface area contributed by atoms with Gasteiger partial charge in [-0.25, -0.2) is 4.39 Å². The molecule has 0 saturated carbocycles. The first-order chi connectivity index (χ1) is 9.25. The number of aliphatic hydroxyl groups is 1. The first kappa shape index (κ1) is 16.4. The SMILES string of the molecule is CCC(O)CCNC(=O)c1ccc(F)cc1C(F)(F)F. The molecular formula is C13H15F4NO2. The molecule has 0 radical (unpaired) electrons. The number of nitrogens with one attached hydrogen (secondary N) is 1. The molecule has 0 spiro atoms. The molecule has 1 rings (SSSR count). The molecule has 7 heteroatoms. The maximum atomic E-state index is 12.9. The first-order valence-electron chi connectivity index (χ1n) is 6.08. The predicted molar refractivity (Wildman–Crippen MR) is 64.7 cm³/mol. The summed E-state index contributed by atoms with van der Waals surface area (Å²) in [6.45, 7) is 1.79. The Labute approximate surface area is 113 Å². The highest BCUT2D eigenvalue weighted by Crippen LogP contribution is 2.32. The summed E-state index contributed by atoms with van der Waals surface area (Å²) in [4.78, 5) is 11.7. The van der Waals surface area contributed by atoms with E-state index < -0.39 is 35.1 Å². The van der Waals surface area contributed by atoms with Crippen molar-refractivity contribution in [2.75, 3.05) is 6.54 Å². The standard InChI is InChI=1S/C13H15F4NO2/c1-2-9(19)5-6-18-12(20)10-4-3-8(14)7-11(10)13(15,16)17/h3-4,7,9,19H,2,5-6H2,1H3,(H,18,20). The molecule has 0 aromatic heterocycles. The Morgan fingerprint density at radius 3 is 2.60 bits per heavy atom. The normalized spacial score (nSPS) is 13.1. The summed E-state index contributed by atoms with van der Waals surface area (Å²) in [6.07, 6.45) is -4.70. The van der Waals surface area contributed by atoms with Crippen molar-refractivity contribution in [1.82, 2.24) is 5.32 Å². The monoisotopic (exact) mass is 293 g/mol. The predicted octanol–water partition coefficient (Wildman–Crippen LogP) is 2.74. The van der Waals surface area contributed by atoms with Crippen LogP contribution in [-0.2, 0) is 6.18 Å². The zero-order valence-corrected chi connectivity index (χ0v) is 10.8. The van der Waals surface area contributed by atoms with Gasteiger partial charge in [0, 0.05) is 6.54 Å². The smallest absolute Gasteiger partial charge is 0.393 e. The Hall–Kier alpha value is -1.63. The molecule has 1 aromatic carbocycles. The van der Waals surface area contributed by atoms with Gasteiger partial charge in [-0.2, -0.15) is 13.2 Å². The summed E-state index contributed by atoms with van der Waals surface area (Å²) in [5, 5.41) is 11.6. The number of carbonyl (C=O) groups is 1. The maximum Gasteiger partial charge on any atom is 0.417 e. The van der Waals surface area contributed by atoms with E-state index in [9.17, 15) is 27.5 Å². The van der Waals surface area contributed by atoms with Crippen LogP contribution in [0.4, 0.5) is 17.6 Å². The number of halogens is 4. The second-order valence-electron chi connectivity index (χ2n) is 4.29. The largest absolute Gasteiger partial charge is 0.417 e. The molecule has 1 unspecified atom stereocenters. The van der Waals surface area contributed by atoms with Crippen LogP contribution >= 0.6 is 0 Å². The fraction of sp³-hybridized carbons (Fsp3) is 0.462. The number of rotatable bonds is 5. The topological polar surface area (TPSA) is 49.3 Å². The molecule has 3 nitrogen and oxygen atoms in total. The van der Waals surface area contributed by atoms with Crippen molar-refractivity contribution in [2.45, 2.75) is 32.0 Å². The average Bonchev–Trinajstić information content (AvgIpc) is 2.37. The first-order valence-corrected chi connectivity index (χ1v) is 6.08. The van der Waals surface area contributed by atoms with Gasteiger partial charge in [0.1, 0.15) is 5.82 Å². The van der Waals surface area contributed by atoms with Crippen LogP contribution in [0.5, 0.6) is 0 Å². The molecule has 1 amide bonds. The lowest BCUT2D eigenvalue weighted by molar-refractivity contribution is -0.138. The van der Waals surface area contributed by atoms with Crippen LogP contribution in [0.15, 0.2) is 18.2 Å². The minimum absolute atomic E-state index is 0.0442. The molecule has 1 atom stereocenters. The third-order valence-corrected chi connectivity index (χ3v) is 2.77. The van der Waals surface area contributed by atoms with Crippen molar-refractivity contribution in [3.8, 4) is 0 Å². The summed E-state index contributed by atoms with van der Waals surface area (Å²) in [5.41, 5.74) is -1.95. The minimum Gasteiger partial charge on any atom is -0.393 e. The number of amides is 1. The molecule has 1 aromatic rings. The Bertz CT molecular complexity index is 474. The fourth-order valence-corrected chi connectivity index (χ4v) is 1.60. The Kier molecular flexibility index (Phi) is 5.50. The number of benzene rings is 1. The maximum absolute atomic E-state index is 12.9. The van der Waals surface area contributed by atoms with Crippen molar-refractivity contribution in [3.63, 3.8) is 0 Å². The van der Waals surface area contributed by atoms with E-state index in [-0.39, 0.29) is 19.0 Å². The third-order valence-electron chi connectivity index (χ3n) is 2.77. The molecule has 20 heavy (non-hydrogen) atoms. The van der Waals surface area contributed by atoms with Crippen molar-refractivity contribution in [1.29, 1.82) is 0 Å². The number of carbonyl (C=O) groups excluding carboxylic acids is 1. The Morgan fingerprint density at radius 2 is 2.05 bits per heavy atom. The number of aliphatic hydroxyl groups excluding tert-OH is 1. The van der Waals surface area contributed by atoms with Gasteiger partial charge < -0.3 is 10.4 Å². The quantitative estimate of drug-likeness (QED) is 0.820. The van der Waals surface area contributed by atoms with Crippen LogP contribution in [0.25, 0.3) is 0 Å². The molecule has 2 N–H and O–H groups in total. The summed E-state index contributed by atoms with van der Waals surface area (Å²) >= 11 is 0. The fourth-order valence-electron chi connectivity index (χ4n) is 1.60. The van der Waals surface area contributed by atoms with E-state index in [0.717, 1.165) is 12.1 Å². The summed E-state index contributed by atoms with van der Waals surface area (Å²) in [6, 6.07) is 1.88. The lowest BCUT2D eigenvalue weighted by Gasteiger charge is -2.13. The van der Waals surface area contributed by atoms with Crippen molar-refractivity contribution >= 4 is 5.91 Å². The molecule has 0 aliphatic carbocycles. The summed E-state index contributed by atoms with van der Waals surface area (Å²) in [5.74, 6) is -2.00. The van der Waals surface area contributed by atoms with E-state index in [1.165, 1.54) is 0 Å². The molecule has 0 heterocycles. The molecule has 0 fully saturated rings.